The molecule has 0 aliphatic heterocycles. The Morgan fingerprint density at radius 3 is 2.00 bits per heavy atom. The molecule has 0 aliphatic rings. The Labute approximate surface area is 157 Å². The smallest absolute Gasteiger partial charge is 0.314 e. The van der Waals surface area contributed by atoms with Crippen molar-refractivity contribution >= 4 is 40.8 Å². The molecule has 0 aromatic heterocycles. The number of rotatable bonds is 6. The average molecular weight is 380 g/mol. The van der Waals surface area contributed by atoms with E-state index in [9.17, 15) is 9.59 Å². The molecule has 1 atom stereocenters. The number of hydrogen-bond acceptors (Lipinski definition) is 3. The van der Waals surface area contributed by atoms with Crippen molar-refractivity contribution in [3.63, 3.8) is 0 Å². The van der Waals surface area contributed by atoms with Crippen molar-refractivity contribution in [2.24, 2.45) is 5.92 Å². The van der Waals surface area contributed by atoms with E-state index in [4.69, 9.17) is 27.9 Å². The van der Waals surface area contributed by atoms with Gasteiger partial charge >= 0.3 is 5.97 Å². The molecule has 0 saturated carbocycles. The zero-order chi connectivity index (χ0) is 18.4. The Kier molecular flexibility index (Phi) is 6.85. The normalized spacial score (nSPS) is 11.9. The van der Waals surface area contributed by atoms with Crippen molar-refractivity contribution in [1.82, 2.24) is 0 Å². The molecule has 1 N–H and O–H groups in total. The predicted molar refractivity (Wildman–Crippen MR) is 100 cm³/mol. The number of nitrogens with one attached hydrogen (secondary N) is 1. The monoisotopic (exact) mass is 379 g/mol. The Bertz CT molecular complexity index is 727. The molecule has 25 heavy (non-hydrogen) atoms. The molecule has 0 radical (unpaired) electrons. The van der Waals surface area contributed by atoms with Gasteiger partial charge in [-0.25, -0.2) is 0 Å². The summed E-state index contributed by atoms with van der Waals surface area (Å²) < 4.78 is 5.20. The fourth-order valence-electron chi connectivity index (χ4n) is 2.42. The summed E-state index contributed by atoms with van der Waals surface area (Å²) in [6.07, 6.45) is 0. The van der Waals surface area contributed by atoms with Crippen molar-refractivity contribution in [3.05, 3.63) is 64.1 Å². The van der Waals surface area contributed by atoms with E-state index in [-0.39, 0.29) is 12.5 Å². The second-order valence-corrected chi connectivity index (χ2v) is 6.81. The maximum atomic E-state index is 12.4. The van der Waals surface area contributed by atoms with Crippen molar-refractivity contribution in [3.8, 4) is 0 Å². The molecular weight excluding hydrogens is 361 g/mol. The first-order chi connectivity index (χ1) is 11.9. The second kappa shape index (κ2) is 8.88. The van der Waals surface area contributed by atoms with Crippen LogP contribution in [0.3, 0.4) is 0 Å². The molecule has 6 heteroatoms. The van der Waals surface area contributed by atoms with E-state index in [2.05, 4.69) is 5.32 Å². The van der Waals surface area contributed by atoms with Crippen LogP contribution in [0, 0.1) is 5.92 Å². The highest BCUT2D eigenvalue weighted by Gasteiger charge is 2.26. The number of hydrogen-bond donors (Lipinski definition) is 1. The predicted octanol–water partition coefficient (Wildman–Crippen LogP) is 4.91. The molecular formula is C19H19Cl2NO3. The second-order valence-electron chi connectivity index (χ2n) is 5.94. The van der Waals surface area contributed by atoms with Gasteiger partial charge in [-0.2, -0.15) is 0 Å². The van der Waals surface area contributed by atoms with Crippen LogP contribution in [0.4, 0.5) is 5.69 Å². The third-order valence-corrected chi connectivity index (χ3v) is 4.13. The standard InChI is InChI=1S/C19H19Cl2NO3/c1-12(2)18(13-3-5-14(20)6-4-13)19(24)25-11-17(23)22-16-9-7-15(21)8-10-16/h3-10,12,18H,11H2,1-2H3,(H,22,23)/t18-/m1/s1. The van der Waals surface area contributed by atoms with Crippen LogP contribution in [0.5, 0.6) is 0 Å². The summed E-state index contributed by atoms with van der Waals surface area (Å²) in [5.41, 5.74) is 1.39. The molecule has 0 heterocycles. The van der Waals surface area contributed by atoms with Crippen LogP contribution in [0.1, 0.15) is 25.3 Å². The minimum atomic E-state index is -0.458. The maximum absolute atomic E-state index is 12.4. The third kappa shape index (κ3) is 5.76. The number of amides is 1. The van der Waals surface area contributed by atoms with Crippen molar-refractivity contribution < 1.29 is 14.3 Å². The van der Waals surface area contributed by atoms with Gasteiger partial charge in [-0.05, 0) is 47.9 Å². The summed E-state index contributed by atoms with van der Waals surface area (Å²) in [6.45, 7) is 3.50. The highest BCUT2D eigenvalue weighted by molar-refractivity contribution is 6.30. The minimum absolute atomic E-state index is 0.0213. The number of ether oxygens (including phenoxy) is 1. The summed E-state index contributed by atoms with van der Waals surface area (Å²) >= 11 is 11.7. The molecule has 0 unspecified atom stereocenters. The van der Waals surface area contributed by atoms with Crippen LogP contribution in [-0.4, -0.2) is 18.5 Å². The molecule has 0 spiro atoms. The van der Waals surface area contributed by atoms with Crippen LogP contribution in [-0.2, 0) is 14.3 Å². The van der Waals surface area contributed by atoms with Crippen LogP contribution in [0.25, 0.3) is 0 Å². The van der Waals surface area contributed by atoms with Crippen LogP contribution in [0.15, 0.2) is 48.5 Å². The van der Waals surface area contributed by atoms with Gasteiger partial charge in [0.1, 0.15) is 0 Å². The number of benzene rings is 2. The van der Waals surface area contributed by atoms with Gasteiger partial charge in [-0.3, -0.25) is 9.59 Å². The van der Waals surface area contributed by atoms with Gasteiger partial charge in [0, 0.05) is 15.7 Å². The first kappa shape index (κ1) is 19.3. The molecule has 4 nitrogen and oxygen atoms in total. The Morgan fingerprint density at radius 1 is 0.960 bits per heavy atom. The van der Waals surface area contributed by atoms with Gasteiger partial charge in [-0.1, -0.05) is 49.2 Å². The molecule has 0 saturated heterocycles. The van der Waals surface area contributed by atoms with Gasteiger partial charge in [0.25, 0.3) is 5.91 Å². The SMILES string of the molecule is CC(C)[C@@H](C(=O)OCC(=O)Nc1ccc(Cl)cc1)c1ccc(Cl)cc1. The van der Waals surface area contributed by atoms with Crippen LogP contribution in [0.2, 0.25) is 10.0 Å². The summed E-state index contributed by atoms with van der Waals surface area (Å²) in [6, 6.07) is 13.7. The summed E-state index contributed by atoms with van der Waals surface area (Å²) in [4.78, 5) is 24.4. The lowest BCUT2D eigenvalue weighted by Crippen LogP contribution is -2.26. The van der Waals surface area contributed by atoms with Gasteiger partial charge in [-0.15, -0.1) is 0 Å². The van der Waals surface area contributed by atoms with Gasteiger partial charge in [0.2, 0.25) is 0 Å². The lowest BCUT2D eigenvalue weighted by molar-refractivity contribution is -0.149. The number of carbonyl (C=O) groups is 2. The van der Waals surface area contributed by atoms with E-state index in [1.807, 2.05) is 13.8 Å². The highest BCUT2D eigenvalue weighted by atomic mass is 35.5. The van der Waals surface area contributed by atoms with E-state index in [0.29, 0.717) is 15.7 Å². The van der Waals surface area contributed by atoms with Crippen LogP contribution < -0.4 is 5.32 Å². The number of halogens is 2. The van der Waals surface area contributed by atoms with E-state index < -0.39 is 17.8 Å². The van der Waals surface area contributed by atoms with Crippen molar-refractivity contribution in [1.29, 1.82) is 0 Å². The Morgan fingerprint density at radius 2 is 1.48 bits per heavy atom. The van der Waals surface area contributed by atoms with E-state index in [1.54, 1.807) is 48.5 Å². The first-order valence-electron chi connectivity index (χ1n) is 7.84. The zero-order valence-electron chi connectivity index (χ0n) is 14.0. The largest absolute Gasteiger partial charge is 0.455 e. The molecule has 0 aliphatic carbocycles. The molecule has 132 valence electrons. The molecule has 2 aromatic carbocycles. The van der Waals surface area contributed by atoms with E-state index >= 15 is 0 Å². The van der Waals surface area contributed by atoms with Crippen LogP contribution >= 0.6 is 23.2 Å². The third-order valence-electron chi connectivity index (χ3n) is 3.62. The van der Waals surface area contributed by atoms with E-state index in [1.165, 1.54) is 0 Å². The minimum Gasteiger partial charge on any atom is -0.455 e. The van der Waals surface area contributed by atoms with Gasteiger partial charge in [0.05, 0.1) is 5.92 Å². The fourth-order valence-corrected chi connectivity index (χ4v) is 2.67. The molecule has 2 aromatic rings. The highest BCUT2D eigenvalue weighted by Crippen LogP contribution is 2.27. The number of carbonyl (C=O) groups excluding carboxylic acids is 2. The van der Waals surface area contributed by atoms with Gasteiger partial charge in [0.15, 0.2) is 6.61 Å². The quantitative estimate of drug-likeness (QED) is 0.724. The summed E-state index contributed by atoms with van der Waals surface area (Å²) in [7, 11) is 0. The first-order valence-corrected chi connectivity index (χ1v) is 8.60. The molecule has 2 rings (SSSR count). The topological polar surface area (TPSA) is 55.4 Å². The molecule has 0 bridgehead atoms. The number of anilines is 1. The maximum Gasteiger partial charge on any atom is 0.314 e. The summed E-state index contributed by atoms with van der Waals surface area (Å²) in [5, 5.41) is 3.82. The van der Waals surface area contributed by atoms with Crippen molar-refractivity contribution in [2.45, 2.75) is 19.8 Å². The summed E-state index contributed by atoms with van der Waals surface area (Å²) in [5.74, 6) is -1.29. The van der Waals surface area contributed by atoms with Crippen molar-refractivity contribution in [2.75, 3.05) is 11.9 Å². The molecule has 0 fully saturated rings. The zero-order valence-corrected chi connectivity index (χ0v) is 15.5. The molecule has 1 amide bonds. The Balaban J connectivity index is 1.95. The lowest BCUT2D eigenvalue weighted by Gasteiger charge is -2.19. The lowest BCUT2D eigenvalue weighted by atomic mass is 9.88. The fraction of sp³-hybridized carbons (Fsp3) is 0.263. The number of esters is 1. The average Bonchev–Trinajstić information content (AvgIpc) is 2.57. The van der Waals surface area contributed by atoms with E-state index in [0.717, 1.165) is 5.56 Å². The van der Waals surface area contributed by atoms with Gasteiger partial charge < -0.3 is 10.1 Å². The Hall–Kier alpha value is -2.04.